The summed E-state index contributed by atoms with van der Waals surface area (Å²) in [7, 11) is 3.14. The molecule has 3 aromatic carbocycles. The predicted octanol–water partition coefficient (Wildman–Crippen LogP) is 5.40. The number of nitrogens with zero attached hydrogens (tertiary/aromatic N) is 1. The minimum absolute atomic E-state index is 0.0450. The van der Waals surface area contributed by atoms with Crippen LogP contribution in [-0.4, -0.2) is 24.9 Å². The number of methoxy groups -OCH3 is 2. The zero-order valence-electron chi connectivity index (χ0n) is 18.0. The van der Waals surface area contributed by atoms with Gasteiger partial charge in [0.1, 0.15) is 23.9 Å². The molecule has 0 radical (unpaired) electrons. The van der Waals surface area contributed by atoms with Crippen LogP contribution in [0.1, 0.15) is 27.0 Å². The molecule has 7 heteroatoms. The Bertz CT molecular complexity index is 1150. The monoisotopic (exact) mass is 433 g/mol. The molecule has 0 saturated carbocycles. The highest BCUT2D eigenvalue weighted by Gasteiger charge is 2.12. The quantitative estimate of drug-likeness (QED) is 0.194. The van der Waals surface area contributed by atoms with Crippen molar-refractivity contribution in [2.45, 2.75) is 13.5 Å². The Kier molecular flexibility index (Phi) is 7.23. The predicted molar refractivity (Wildman–Crippen MR) is 122 cm³/mol. The Hall–Kier alpha value is -4.13. The van der Waals surface area contributed by atoms with Gasteiger partial charge in [-0.1, -0.05) is 12.1 Å². The normalized spacial score (nSPS) is 10.7. The lowest BCUT2D eigenvalue weighted by Crippen LogP contribution is -2.00. The van der Waals surface area contributed by atoms with Gasteiger partial charge < -0.3 is 14.2 Å². The highest BCUT2D eigenvalue weighted by molar-refractivity contribution is 6.06. The molecule has 3 rings (SSSR count). The van der Waals surface area contributed by atoms with Gasteiger partial charge in [-0.2, -0.15) is 0 Å². The number of hydrogen-bond acceptors (Lipinski definition) is 6. The van der Waals surface area contributed by atoms with Crippen LogP contribution in [0.4, 0.5) is 5.69 Å². The molecule has 0 unspecified atom stereocenters. The fourth-order valence-corrected chi connectivity index (χ4v) is 3.12. The molecule has 0 atom stereocenters. The van der Waals surface area contributed by atoms with E-state index in [0.717, 1.165) is 11.1 Å². The second kappa shape index (κ2) is 10.3. The minimum atomic E-state index is -0.425. The first-order valence-electron chi connectivity index (χ1n) is 9.82. The number of ketones is 1. The minimum Gasteiger partial charge on any atom is -0.497 e. The van der Waals surface area contributed by atoms with Gasteiger partial charge in [0.15, 0.2) is 5.78 Å². The van der Waals surface area contributed by atoms with Crippen LogP contribution in [0.2, 0.25) is 0 Å². The first-order valence-corrected chi connectivity index (χ1v) is 9.82. The van der Waals surface area contributed by atoms with E-state index in [9.17, 15) is 14.9 Å². The second-order valence-electron chi connectivity index (χ2n) is 6.99. The van der Waals surface area contributed by atoms with Gasteiger partial charge in [-0.15, -0.1) is 0 Å². The smallest absolute Gasteiger partial charge is 0.272 e. The standard InChI is InChI=1S/C25H23NO6/c1-17-14-22(10-11-23(17)26(28)29)32-16-20-15-18(5-13-25(20)31-3)4-12-24(27)19-6-8-21(30-2)9-7-19/h4-15H,16H2,1-3H3. The van der Waals surface area contributed by atoms with Crippen molar-refractivity contribution >= 4 is 17.5 Å². The molecule has 164 valence electrons. The van der Waals surface area contributed by atoms with Gasteiger partial charge in [-0.05, 0) is 67.1 Å². The summed E-state index contributed by atoms with van der Waals surface area (Å²) in [5.74, 6) is 1.73. The van der Waals surface area contributed by atoms with E-state index in [1.807, 2.05) is 12.1 Å². The average Bonchev–Trinajstić information content (AvgIpc) is 2.81. The van der Waals surface area contributed by atoms with Gasteiger partial charge in [-0.25, -0.2) is 0 Å². The summed E-state index contributed by atoms with van der Waals surface area (Å²) < 4.78 is 16.3. The summed E-state index contributed by atoms with van der Waals surface area (Å²) in [6.07, 6.45) is 3.24. The number of rotatable bonds is 9. The van der Waals surface area contributed by atoms with Crippen LogP contribution in [0.25, 0.3) is 6.08 Å². The largest absolute Gasteiger partial charge is 0.497 e. The van der Waals surface area contributed by atoms with Crippen molar-refractivity contribution in [3.8, 4) is 17.2 Å². The Morgan fingerprint density at radius 1 is 0.969 bits per heavy atom. The molecule has 3 aromatic rings. The maximum Gasteiger partial charge on any atom is 0.272 e. The molecule has 0 aromatic heterocycles. The molecule has 0 bridgehead atoms. The highest BCUT2D eigenvalue weighted by atomic mass is 16.6. The maximum atomic E-state index is 12.4. The molecule has 0 amide bonds. The van der Waals surface area contributed by atoms with E-state index in [1.54, 1.807) is 69.7 Å². The molecule has 0 N–H and O–H groups in total. The summed E-state index contributed by atoms with van der Waals surface area (Å²) >= 11 is 0. The van der Waals surface area contributed by atoms with E-state index in [1.165, 1.54) is 12.1 Å². The topological polar surface area (TPSA) is 87.9 Å². The third-order valence-corrected chi connectivity index (χ3v) is 4.87. The molecule has 0 saturated heterocycles. The van der Waals surface area contributed by atoms with Crippen LogP contribution >= 0.6 is 0 Å². The van der Waals surface area contributed by atoms with Crippen LogP contribution in [0.15, 0.2) is 66.7 Å². The summed E-state index contributed by atoms with van der Waals surface area (Å²) in [6.45, 7) is 1.87. The lowest BCUT2D eigenvalue weighted by atomic mass is 10.1. The Labute approximate surface area is 186 Å². The summed E-state index contributed by atoms with van der Waals surface area (Å²) in [5.41, 5.74) is 2.72. The lowest BCUT2D eigenvalue weighted by molar-refractivity contribution is -0.385. The van der Waals surface area contributed by atoms with Crippen molar-refractivity contribution < 1.29 is 23.9 Å². The zero-order valence-corrected chi connectivity index (χ0v) is 18.0. The summed E-state index contributed by atoms with van der Waals surface area (Å²) in [6, 6.07) is 17.0. The molecule has 7 nitrogen and oxygen atoms in total. The van der Waals surface area contributed by atoms with E-state index in [0.29, 0.717) is 28.4 Å². The first-order chi connectivity index (χ1) is 15.4. The van der Waals surface area contributed by atoms with Crippen LogP contribution in [0, 0.1) is 17.0 Å². The summed E-state index contributed by atoms with van der Waals surface area (Å²) in [5, 5.41) is 11.0. The fraction of sp³-hybridized carbons (Fsp3) is 0.160. The number of carbonyl (C=O) groups is 1. The van der Waals surface area contributed by atoms with Crippen molar-refractivity contribution in [2.24, 2.45) is 0 Å². The number of hydrogen-bond donors (Lipinski definition) is 0. The molecule has 0 heterocycles. The molecule has 0 aliphatic rings. The summed E-state index contributed by atoms with van der Waals surface area (Å²) in [4.78, 5) is 23.0. The van der Waals surface area contributed by atoms with Crippen LogP contribution in [-0.2, 0) is 6.61 Å². The third kappa shape index (κ3) is 5.51. The molecule has 32 heavy (non-hydrogen) atoms. The number of nitro benzene ring substituents is 1. The van der Waals surface area contributed by atoms with E-state index in [-0.39, 0.29) is 18.1 Å². The molecule has 0 spiro atoms. The Morgan fingerprint density at radius 2 is 1.69 bits per heavy atom. The molecule has 0 fully saturated rings. The van der Waals surface area contributed by atoms with E-state index in [2.05, 4.69) is 0 Å². The van der Waals surface area contributed by atoms with Crippen LogP contribution in [0.3, 0.4) is 0 Å². The zero-order chi connectivity index (χ0) is 23.1. The van der Waals surface area contributed by atoms with E-state index in [4.69, 9.17) is 14.2 Å². The van der Waals surface area contributed by atoms with Crippen molar-refractivity contribution in [2.75, 3.05) is 14.2 Å². The number of allylic oxidation sites excluding steroid dienone is 1. The van der Waals surface area contributed by atoms with Crippen molar-refractivity contribution in [1.82, 2.24) is 0 Å². The van der Waals surface area contributed by atoms with Gasteiger partial charge in [0, 0.05) is 22.8 Å². The van der Waals surface area contributed by atoms with Gasteiger partial charge >= 0.3 is 0 Å². The maximum absolute atomic E-state index is 12.4. The Balaban J connectivity index is 1.73. The van der Waals surface area contributed by atoms with Crippen molar-refractivity contribution in [1.29, 1.82) is 0 Å². The molecular weight excluding hydrogens is 410 g/mol. The van der Waals surface area contributed by atoms with Gasteiger partial charge in [0.25, 0.3) is 5.69 Å². The molecular formula is C25H23NO6. The lowest BCUT2D eigenvalue weighted by Gasteiger charge is -2.12. The molecule has 0 aliphatic heterocycles. The number of carbonyl (C=O) groups excluding carboxylic acids is 1. The second-order valence-corrected chi connectivity index (χ2v) is 6.99. The fourth-order valence-electron chi connectivity index (χ4n) is 3.12. The van der Waals surface area contributed by atoms with Crippen LogP contribution in [0.5, 0.6) is 17.2 Å². The molecule has 0 aliphatic carbocycles. The van der Waals surface area contributed by atoms with Crippen molar-refractivity contribution in [3.05, 3.63) is 99.1 Å². The van der Waals surface area contributed by atoms with Crippen LogP contribution < -0.4 is 14.2 Å². The number of benzene rings is 3. The SMILES string of the molecule is COc1ccc(C(=O)C=Cc2ccc(OC)c(COc3ccc([N+](=O)[O-])c(C)c3)c2)cc1. The third-order valence-electron chi connectivity index (χ3n) is 4.87. The van der Waals surface area contributed by atoms with E-state index < -0.39 is 4.92 Å². The van der Waals surface area contributed by atoms with Gasteiger partial charge in [0.05, 0.1) is 19.1 Å². The number of ether oxygens (including phenoxy) is 3. The van der Waals surface area contributed by atoms with Gasteiger partial charge in [-0.3, -0.25) is 14.9 Å². The van der Waals surface area contributed by atoms with Gasteiger partial charge in [0.2, 0.25) is 0 Å². The average molecular weight is 433 g/mol. The number of nitro groups is 1. The number of aryl methyl sites for hydroxylation is 1. The first kappa shape index (κ1) is 22.6. The highest BCUT2D eigenvalue weighted by Crippen LogP contribution is 2.26. The Morgan fingerprint density at radius 3 is 2.31 bits per heavy atom. The van der Waals surface area contributed by atoms with Crippen molar-refractivity contribution in [3.63, 3.8) is 0 Å². The van der Waals surface area contributed by atoms with E-state index >= 15 is 0 Å².